The largest absolute Gasteiger partial charge is 0.343 e. The summed E-state index contributed by atoms with van der Waals surface area (Å²) in [5.41, 5.74) is 1.05. The van der Waals surface area contributed by atoms with Crippen molar-refractivity contribution in [3.05, 3.63) is 38.7 Å². The smallest absolute Gasteiger partial charge is 0.310 e. The molecule has 0 bridgehead atoms. The second kappa shape index (κ2) is 7.29. The Kier molecular flexibility index (Phi) is 5.66. The Hall–Kier alpha value is -1.05. The van der Waals surface area contributed by atoms with Crippen LogP contribution in [0, 0.1) is 0 Å². The molecule has 114 valence electrons. The number of aromatic nitrogens is 3. The van der Waals surface area contributed by atoms with Gasteiger partial charge in [-0.15, -0.1) is 5.10 Å². The molecule has 0 saturated heterocycles. The number of halogens is 1. The number of H-pyrrole nitrogens is 1. The number of hydrogen-bond donors (Lipinski definition) is 2. The van der Waals surface area contributed by atoms with E-state index in [4.69, 9.17) is 0 Å². The fourth-order valence-corrected chi connectivity index (χ4v) is 3.39. The minimum Gasteiger partial charge on any atom is -0.310 e. The first-order valence-electron chi connectivity index (χ1n) is 6.86. The van der Waals surface area contributed by atoms with Crippen molar-refractivity contribution in [2.45, 2.75) is 50.0 Å². The van der Waals surface area contributed by atoms with Gasteiger partial charge >= 0.3 is 5.69 Å². The first-order valence-corrected chi connectivity index (χ1v) is 8.47. The summed E-state index contributed by atoms with van der Waals surface area (Å²) in [6, 6.07) is 6.69. The molecule has 0 radical (unpaired) electrons. The maximum atomic E-state index is 11.6. The number of hydrogen-bond acceptors (Lipinski definition) is 4. The van der Waals surface area contributed by atoms with Crippen molar-refractivity contribution >= 4 is 27.7 Å². The lowest BCUT2D eigenvalue weighted by molar-refractivity contribution is 0.588. The number of benzene rings is 1. The Morgan fingerprint density at radius 3 is 2.86 bits per heavy atom. The number of nitrogens with zero attached hydrogens (tertiary/aromatic N) is 2. The van der Waals surface area contributed by atoms with E-state index in [2.05, 4.69) is 57.4 Å². The summed E-state index contributed by atoms with van der Waals surface area (Å²) in [5.74, 6) is 0. The highest BCUT2D eigenvalue weighted by molar-refractivity contribution is 9.10. The fraction of sp³-hybridized carbons (Fsp3) is 0.429. The lowest BCUT2D eigenvalue weighted by Crippen LogP contribution is -2.21. The SMILES string of the molecule is CCn1c(Sc2ccc(CNC(C)C)cc2Br)n[nH]c1=O. The average molecular weight is 371 g/mol. The minimum atomic E-state index is -0.172. The second-order valence-corrected chi connectivity index (χ2v) is 6.82. The molecule has 0 unspecified atom stereocenters. The van der Waals surface area contributed by atoms with Gasteiger partial charge in [-0.25, -0.2) is 9.89 Å². The molecule has 0 aliphatic rings. The van der Waals surface area contributed by atoms with Crippen molar-refractivity contribution in [1.29, 1.82) is 0 Å². The monoisotopic (exact) mass is 370 g/mol. The summed E-state index contributed by atoms with van der Waals surface area (Å²) in [4.78, 5) is 12.6. The van der Waals surface area contributed by atoms with E-state index in [1.54, 1.807) is 4.57 Å². The molecule has 7 heteroatoms. The van der Waals surface area contributed by atoms with Gasteiger partial charge in [-0.3, -0.25) is 4.57 Å². The molecule has 2 rings (SSSR count). The van der Waals surface area contributed by atoms with E-state index < -0.39 is 0 Å². The average Bonchev–Trinajstić information content (AvgIpc) is 2.79. The lowest BCUT2D eigenvalue weighted by Gasteiger charge is -2.10. The molecule has 0 amide bonds. The van der Waals surface area contributed by atoms with Crippen LogP contribution in [0.2, 0.25) is 0 Å². The highest BCUT2D eigenvalue weighted by Gasteiger charge is 2.11. The summed E-state index contributed by atoms with van der Waals surface area (Å²) in [7, 11) is 0. The quantitative estimate of drug-likeness (QED) is 0.820. The van der Waals surface area contributed by atoms with Crippen LogP contribution in [0.4, 0.5) is 0 Å². The lowest BCUT2D eigenvalue weighted by atomic mass is 10.2. The van der Waals surface area contributed by atoms with E-state index in [-0.39, 0.29) is 5.69 Å². The van der Waals surface area contributed by atoms with Crippen LogP contribution in [0.3, 0.4) is 0 Å². The standard InChI is InChI=1S/C14H19BrN4OS/c1-4-19-13(20)17-18-14(19)21-12-6-5-10(7-11(12)15)8-16-9(2)3/h5-7,9,16H,4,8H2,1-3H3,(H,17,20). The molecule has 5 nitrogen and oxygen atoms in total. The predicted molar refractivity (Wildman–Crippen MR) is 88.8 cm³/mol. The Labute approximate surface area is 136 Å². The molecule has 2 aromatic rings. The van der Waals surface area contributed by atoms with Gasteiger partial charge in [0.25, 0.3) is 0 Å². The third-order valence-electron chi connectivity index (χ3n) is 2.95. The van der Waals surface area contributed by atoms with E-state index in [0.29, 0.717) is 17.7 Å². The first-order chi connectivity index (χ1) is 10.0. The summed E-state index contributed by atoms with van der Waals surface area (Å²) in [6.07, 6.45) is 0. The molecule has 1 heterocycles. The van der Waals surface area contributed by atoms with Crippen LogP contribution >= 0.6 is 27.7 Å². The molecule has 0 spiro atoms. The molecule has 0 atom stereocenters. The second-order valence-electron chi connectivity index (χ2n) is 4.96. The van der Waals surface area contributed by atoms with Crippen molar-refractivity contribution in [2.75, 3.05) is 0 Å². The number of aromatic amines is 1. The summed E-state index contributed by atoms with van der Waals surface area (Å²) < 4.78 is 2.62. The van der Waals surface area contributed by atoms with E-state index in [0.717, 1.165) is 15.9 Å². The Morgan fingerprint density at radius 2 is 2.24 bits per heavy atom. The van der Waals surface area contributed by atoms with Crippen molar-refractivity contribution < 1.29 is 0 Å². The third-order valence-corrected chi connectivity index (χ3v) is 4.94. The summed E-state index contributed by atoms with van der Waals surface area (Å²) >= 11 is 5.06. The zero-order valence-corrected chi connectivity index (χ0v) is 14.7. The molecular weight excluding hydrogens is 352 g/mol. The van der Waals surface area contributed by atoms with Crippen molar-refractivity contribution in [3.8, 4) is 0 Å². The van der Waals surface area contributed by atoms with Gasteiger partial charge in [0, 0.05) is 28.5 Å². The zero-order valence-electron chi connectivity index (χ0n) is 12.3. The van der Waals surface area contributed by atoms with Gasteiger partial charge in [0.2, 0.25) is 0 Å². The maximum absolute atomic E-state index is 11.6. The van der Waals surface area contributed by atoms with Crippen LogP contribution in [-0.4, -0.2) is 20.8 Å². The number of rotatable bonds is 6. The van der Waals surface area contributed by atoms with E-state index in [1.807, 2.05) is 13.0 Å². The Balaban J connectivity index is 2.15. The van der Waals surface area contributed by atoms with Gasteiger partial charge in [-0.1, -0.05) is 19.9 Å². The van der Waals surface area contributed by atoms with Crippen LogP contribution in [0.5, 0.6) is 0 Å². The van der Waals surface area contributed by atoms with Crippen LogP contribution in [0.25, 0.3) is 0 Å². The van der Waals surface area contributed by atoms with Crippen molar-refractivity contribution in [1.82, 2.24) is 20.1 Å². The van der Waals surface area contributed by atoms with E-state index in [1.165, 1.54) is 17.3 Å². The molecule has 2 N–H and O–H groups in total. The highest BCUT2D eigenvalue weighted by Crippen LogP contribution is 2.32. The maximum Gasteiger partial charge on any atom is 0.343 e. The van der Waals surface area contributed by atoms with Crippen molar-refractivity contribution in [2.24, 2.45) is 0 Å². The summed E-state index contributed by atoms with van der Waals surface area (Å²) in [5, 5.41) is 10.6. The van der Waals surface area contributed by atoms with Gasteiger partial charge in [0.1, 0.15) is 0 Å². The van der Waals surface area contributed by atoms with Gasteiger partial charge in [0.05, 0.1) is 0 Å². The molecule has 21 heavy (non-hydrogen) atoms. The summed E-state index contributed by atoms with van der Waals surface area (Å²) in [6.45, 7) is 7.62. The predicted octanol–water partition coefficient (Wildman–Crippen LogP) is 3.00. The first kappa shape index (κ1) is 16.3. The fourth-order valence-electron chi connectivity index (χ4n) is 1.82. The van der Waals surface area contributed by atoms with Crippen molar-refractivity contribution in [3.63, 3.8) is 0 Å². The topological polar surface area (TPSA) is 62.7 Å². The van der Waals surface area contributed by atoms with Gasteiger partial charge in [-0.05, 0) is 52.3 Å². The molecule has 1 aromatic carbocycles. The van der Waals surface area contributed by atoms with Crippen LogP contribution in [0.1, 0.15) is 26.3 Å². The molecule has 0 fully saturated rings. The highest BCUT2D eigenvalue weighted by atomic mass is 79.9. The molecular formula is C14H19BrN4OS. The van der Waals surface area contributed by atoms with Gasteiger partial charge < -0.3 is 5.32 Å². The van der Waals surface area contributed by atoms with Gasteiger partial charge in [-0.2, -0.15) is 0 Å². The Morgan fingerprint density at radius 1 is 1.48 bits per heavy atom. The normalized spacial score (nSPS) is 11.3. The third kappa shape index (κ3) is 4.21. The van der Waals surface area contributed by atoms with E-state index >= 15 is 0 Å². The van der Waals surface area contributed by atoms with Crippen LogP contribution in [-0.2, 0) is 13.1 Å². The Bertz CT molecular complexity index is 665. The van der Waals surface area contributed by atoms with Gasteiger partial charge in [0.15, 0.2) is 5.16 Å². The van der Waals surface area contributed by atoms with Crippen LogP contribution in [0.15, 0.2) is 37.5 Å². The molecule has 0 aliphatic carbocycles. The zero-order chi connectivity index (χ0) is 15.4. The van der Waals surface area contributed by atoms with E-state index in [9.17, 15) is 4.79 Å². The van der Waals surface area contributed by atoms with Crippen LogP contribution < -0.4 is 11.0 Å². The number of nitrogens with one attached hydrogen (secondary N) is 2. The molecule has 0 aliphatic heterocycles. The molecule has 1 aromatic heterocycles. The molecule has 0 saturated carbocycles. The minimum absolute atomic E-state index is 0.172.